The Morgan fingerprint density at radius 2 is 2.19 bits per heavy atom. The average molecular weight is 350 g/mol. The second kappa shape index (κ2) is 4.90. The number of hydrogen-bond acceptors (Lipinski definition) is 3. The van der Waals surface area contributed by atoms with Crippen LogP contribution in [-0.4, -0.2) is 16.6 Å². The normalized spacial score (nSPS) is 31.6. The maximum Gasteiger partial charge on any atom is 0.272 e. The second-order valence-electron chi connectivity index (χ2n) is 6.88. The van der Waals surface area contributed by atoms with Crippen molar-refractivity contribution in [3.63, 3.8) is 0 Å². The molecule has 0 radical (unpaired) electrons. The van der Waals surface area contributed by atoms with E-state index in [0.717, 1.165) is 23.0 Å². The topological polar surface area (TPSA) is 54.4 Å². The Balaban J connectivity index is 1.77. The molecule has 1 aromatic heterocycles. The molecule has 21 heavy (non-hydrogen) atoms. The molecule has 4 nitrogen and oxygen atoms in total. The number of aromatic nitrogens is 1. The summed E-state index contributed by atoms with van der Waals surface area (Å²) in [7, 11) is 0. The summed E-state index contributed by atoms with van der Waals surface area (Å²) in [5.74, 6) is 0.478. The number of fused-ring (bicyclic) bond motifs is 2. The summed E-state index contributed by atoms with van der Waals surface area (Å²) in [6, 6.07) is 1.75. The summed E-state index contributed by atoms with van der Waals surface area (Å²) < 4.78 is 0.788. The first-order chi connectivity index (χ1) is 9.84. The number of carbonyl (C=O) groups excluding carboxylic acids is 1. The van der Waals surface area contributed by atoms with E-state index >= 15 is 0 Å². The smallest absolute Gasteiger partial charge is 0.267 e. The molecule has 1 aromatic rings. The van der Waals surface area contributed by atoms with E-state index in [0.29, 0.717) is 11.5 Å². The van der Waals surface area contributed by atoms with E-state index < -0.39 is 0 Å². The van der Waals surface area contributed by atoms with Crippen molar-refractivity contribution in [1.29, 1.82) is 0 Å². The largest absolute Gasteiger partial charge is 0.272 e. The van der Waals surface area contributed by atoms with E-state index in [1.165, 1.54) is 6.42 Å². The van der Waals surface area contributed by atoms with Crippen molar-refractivity contribution in [3.8, 4) is 0 Å². The van der Waals surface area contributed by atoms with Gasteiger partial charge < -0.3 is 0 Å². The van der Waals surface area contributed by atoms with Crippen LogP contribution in [0.25, 0.3) is 0 Å². The van der Waals surface area contributed by atoms with Gasteiger partial charge in [0.2, 0.25) is 0 Å². The molecule has 3 rings (SSSR count). The van der Waals surface area contributed by atoms with Crippen molar-refractivity contribution < 1.29 is 4.79 Å². The minimum atomic E-state index is -0.208. The first-order valence-corrected chi connectivity index (χ1v) is 8.12. The molecular weight excluding hydrogens is 330 g/mol. The van der Waals surface area contributed by atoms with Crippen LogP contribution in [0, 0.1) is 16.7 Å². The van der Waals surface area contributed by atoms with Gasteiger partial charge in [-0.2, -0.15) is 5.10 Å². The summed E-state index contributed by atoms with van der Waals surface area (Å²) in [6.45, 7) is 6.94. The molecule has 1 N–H and O–H groups in total. The third-order valence-electron chi connectivity index (χ3n) is 5.77. The van der Waals surface area contributed by atoms with Gasteiger partial charge in [0.25, 0.3) is 5.91 Å². The number of nitrogens with zero attached hydrogens (tertiary/aromatic N) is 2. The van der Waals surface area contributed by atoms with Crippen LogP contribution in [-0.2, 0) is 0 Å². The van der Waals surface area contributed by atoms with E-state index in [-0.39, 0.29) is 16.7 Å². The Bertz CT molecular complexity index is 626. The Morgan fingerprint density at radius 3 is 2.76 bits per heavy atom. The van der Waals surface area contributed by atoms with Crippen LogP contribution in [0.3, 0.4) is 0 Å². The van der Waals surface area contributed by atoms with Gasteiger partial charge in [-0.1, -0.05) is 20.8 Å². The molecule has 0 aromatic carbocycles. The Hall–Kier alpha value is -1.23. The molecule has 1 heterocycles. The second-order valence-corrected chi connectivity index (χ2v) is 7.80. The summed E-state index contributed by atoms with van der Waals surface area (Å²) in [5.41, 5.74) is 4.74. The van der Waals surface area contributed by atoms with E-state index in [2.05, 4.69) is 52.2 Å². The lowest BCUT2D eigenvalue weighted by atomic mass is 9.70. The number of hydrogen-bond donors (Lipinski definition) is 1. The minimum Gasteiger partial charge on any atom is -0.267 e. The Morgan fingerprint density at radius 1 is 1.43 bits per heavy atom. The molecule has 0 saturated heterocycles. The molecule has 2 bridgehead atoms. The van der Waals surface area contributed by atoms with Gasteiger partial charge in [-0.25, -0.2) is 5.43 Å². The third kappa shape index (κ3) is 2.22. The van der Waals surface area contributed by atoms with Crippen molar-refractivity contribution in [2.24, 2.45) is 21.8 Å². The highest BCUT2D eigenvalue weighted by molar-refractivity contribution is 9.10. The number of rotatable bonds is 2. The number of pyridine rings is 1. The first-order valence-electron chi connectivity index (χ1n) is 7.32. The van der Waals surface area contributed by atoms with Gasteiger partial charge in [-0.3, -0.25) is 9.78 Å². The molecule has 2 saturated carbocycles. The fourth-order valence-electron chi connectivity index (χ4n) is 3.82. The van der Waals surface area contributed by atoms with E-state index in [4.69, 9.17) is 0 Å². The van der Waals surface area contributed by atoms with Crippen LogP contribution in [0.2, 0.25) is 0 Å². The molecule has 0 unspecified atom stereocenters. The van der Waals surface area contributed by atoms with Crippen molar-refractivity contribution in [3.05, 3.63) is 28.5 Å². The number of halogens is 1. The first kappa shape index (κ1) is 14.7. The van der Waals surface area contributed by atoms with Gasteiger partial charge >= 0.3 is 0 Å². The zero-order valence-corrected chi connectivity index (χ0v) is 14.2. The standard InChI is InChI=1S/C16H20BrN3O/c1-15(2)11-4-5-16(15,3)13(7-11)19-20-14(21)10-6-12(17)9-18-8-10/h6,8-9,11H,4-5,7H2,1-3H3,(H,20,21)/b19-13+/t11-,16+/m1/s1. The van der Waals surface area contributed by atoms with Crippen molar-refractivity contribution >= 4 is 27.5 Å². The molecule has 112 valence electrons. The summed E-state index contributed by atoms with van der Waals surface area (Å²) in [5, 5.41) is 4.45. The SMILES string of the molecule is CC1(C)[C@@H]2CC[C@@]1(C)/C(=N/NC(=O)c1cncc(Br)c1)C2. The predicted molar refractivity (Wildman–Crippen MR) is 86.1 cm³/mol. The molecule has 5 heteroatoms. The van der Waals surface area contributed by atoms with Crippen LogP contribution in [0.5, 0.6) is 0 Å². The van der Waals surface area contributed by atoms with E-state index in [1.807, 2.05) is 0 Å². The Labute approximate surface area is 133 Å². The van der Waals surface area contributed by atoms with Gasteiger partial charge in [-0.15, -0.1) is 0 Å². The van der Waals surface area contributed by atoms with Gasteiger partial charge in [0.1, 0.15) is 0 Å². The van der Waals surface area contributed by atoms with Crippen LogP contribution in [0.15, 0.2) is 28.0 Å². The molecule has 2 fully saturated rings. The molecule has 0 aliphatic heterocycles. The van der Waals surface area contributed by atoms with Crippen LogP contribution in [0.1, 0.15) is 50.4 Å². The maximum absolute atomic E-state index is 12.1. The highest BCUT2D eigenvalue weighted by Crippen LogP contribution is 2.63. The van der Waals surface area contributed by atoms with Crippen LogP contribution >= 0.6 is 15.9 Å². The summed E-state index contributed by atoms with van der Waals surface area (Å²) in [6.07, 6.45) is 6.64. The lowest BCUT2D eigenvalue weighted by Gasteiger charge is -2.34. The van der Waals surface area contributed by atoms with Crippen molar-refractivity contribution in [2.75, 3.05) is 0 Å². The fourth-order valence-corrected chi connectivity index (χ4v) is 4.18. The van der Waals surface area contributed by atoms with Gasteiger partial charge in [-0.05, 0) is 52.6 Å². The monoisotopic (exact) mass is 349 g/mol. The van der Waals surface area contributed by atoms with Crippen molar-refractivity contribution in [1.82, 2.24) is 10.4 Å². The lowest BCUT2D eigenvalue weighted by Crippen LogP contribution is -2.34. The molecule has 2 aliphatic rings. The minimum absolute atomic E-state index is 0.112. The summed E-state index contributed by atoms with van der Waals surface area (Å²) >= 11 is 3.32. The van der Waals surface area contributed by atoms with Gasteiger partial charge in [0, 0.05) is 28.0 Å². The van der Waals surface area contributed by atoms with Crippen LogP contribution < -0.4 is 5.43 Å². The maximum atomic E-state index is 12.1. The zero-order chi connectivity index (χ0) is 15.3. The van der Waals surface area contributed by atoms with Crippen LogP contribution in [0.4, 0.5) is 0 Å². The highest BCUT2D eigenvalue weighted by atomic mass is 79.9. The number of carbonyl (C=O) groups is 1. The van der Waals surface area contributed by atoms with Crippen molar-refractivity contribution in [2.45, 2.75) is 40.0 Å². The van der Waals surface area contributed by atoms with E-state index in [9.17, 15) is 4.79 Å². The fraction of sp³-hybridized carbons (Fsp3) is 0.562. The molecule has 2 atom stereocenters. The highest BCUT2D eigenvalue weighted by Gasteiger charge is 2.59. The van der Waals surface area contributed by atoms with Gasteiger partial charge in [0.05, 0.1) is 5.56 Å². The molecular formula is C16H20BrN3O. The summed E-state index contributed by atoms with van der Waals surface area (Å²) in [4.78, 5) is 16.2. The number of amides is 1. The molecule has 2 aliphatic carbocycles. The van der Waals surface area contributed by atoms with E-state index in [1.54, 1.807) is 18.5 Å². The number of nitrogens with one attached hydrogen (secondary N) is 1. The molecule has 0 spiro atoms. The average Bonchev–Trinajstić information content (AvgIpc) is 2.77. The molecule has 1 amide bonds. The Kier molecular flexibility index (Phi) is 3.43. The number of hydrazone groups is 1. The lowest BCUT2D eigenvalue weighted by molar-refractivity contribution is 0.0953. The van der Waals surface area contributed by atoms with Gasteiger partial charge in [0.15, 0.2) is 0 Å². The quantitative estimate of drug-likeness (QED) is 0.826. The zero-order valence-electron chi connectivity index (χ0n) is 12.6. The third-order valence-corrected chi connectivity index (χ3v) is 6.21. The predicted octanol–water partition coefficient (Wildman–Crippen LogP) is 3.78.